The molecule has 1 aliphatic carbocycles. The van der Waals surface area contributed by atoms with Gasteiger partial charge in [-0.05, 0) is 44.0 Å². The third kappa shape index (κ3) is 4.95. The lowest BCUT2D eigenvalue weighted by molar-refractivity contribution is 0.130. The van der Waals surface area contributed by atoms with Crippen LogP contribution >= 0.6 is 0 Å². The lowest BCUT2D eigenvalue weighted by Crippen LogP contribution is -2.45. The predicted octanol–water partition coefficient (Wildman–Crippen LogP) is 5.01. The first-order valence-electron chi connectivity index (χ1n) is 8.73. The molecule has 0 radical (unpaired) electrons. The quantitative estimate of drug-likeness (QED) is 0.632. The summed E-state index contributed by atoms with van der Waals surface area (Å²) in [6.07, 6.45) is -3.63. The van der Waals surface area contributed by atoms with Crippen molar-refractivity contribution in [1.29, 1.82) is 0 Å². The molecule has 0 aromatic carbocycles. The Labute approximate surface area is 158 Å². The molecule has 3 rings (SSSR count). The lowest BCUT2D eigenvalue weighted by Gasteiger charge is -2.27. The molecule has 2 N–H and O–H groups in total. The fourth-order valence-corrected chi connectivity index (χ4v) is 2.96. The maximum atomic E-state index is 13.9. The zero-order valence-corrected chi connectivity index (χ0v) is 15.1. The van der Waals surface area contributed by atoms with Crippen molar-refractivity contribution in [2.45, 2.75) is 50.2 Å². The number of nitrogens with zero attached hydrogens (tertiary/aromatic N) is 2. The molecule has 0 bridgehead atoms. The molecule has 1 aliphatic rings. The monoisotopic (exact) mass is 401 g/mol. The number of hydrogen-bond acceptors (Lipinski definition) is 4. The molecular weight excluding hydrogens is 381 g/mol. The fourth-order valence-electron chi connectivity index (χ4n) is 2.96. The highest BCUT2D eigenvalue weighted by atomic mass is 19.3. The molecule has 152 valence electrons. The summed E-state index contributed by atoms with van der Waals surface area (Å²) in [5.74, 6) is -0.178. The van der Waals surface area contributed by atoms with E-state index < -0.39 is 35.4 Å². The van der Waals surface area contributed by atoms with E-state index in [2.05, 4.69) is 9.97 Å². The van der Waals surface area contributed by atoms with E-state index in [-0.39, 0.29) is 30.0 Å². The zero-order chi connectivity index (χ0) is 20.5. The van der Waals surface area contributed by atoms with Crippen LogP contribution in [0.5, 0.6) is 5.75 Å². The number of halogens is 5. The molecule has 2 aromatic rings. The molecule has 9 heteroatoms. The number of nitrogens with two attached hydrogens (primary N) is 1. The van der Waals surface area contributed by atoms with Gasteiger partial charge in [0.15, 0.2) is 0 Å². The van der Waals surface area contributed by atoms with Gasteiger partial charge in [0.05, 0.1) is 11.2 Å². The SMILES string of the molecule is CC(N)(COc1ccc(-c2ccnc(C(F)F)c2)nc1C(F)F)CC1(F)CC1. The first kappa shape index (κ1) is 20.4. The summed E-state index contributed by atoms with van der Waals surface area (Å²) in [5.41, 5.74) is 2.91. The summed E-state index contributed by atoms with van der Waals surface area (Å²) in [7, 11) is 0. The molecule has 1 unspecified atom stereocenters. The third-order valence-electron chi connectivity index (χ3n) is 4.46. The average molecular weight is 401 g/mol. The minimum absolute atomic E-state index is 0.0724. The number of alkyl halides is 5. The molecular formula is C19H20F5N3O. The van der Waals surface area contributed by atoms with Gasteiger partial charge < -0.3 is 10.5 Å². The average Bonchev–Trinajstić information content (AvgIpc) is 3.35. The van der Waals surface area contributed by atoms with Crippen LogP contribution in [0.25, 0.3) is 11.3 Å². The van der Waals surface area contributed by atoms with Crippen LogP contribution in [0.4, 0.5) is 22.0 Å². The van der Waals surface area contributed by atoms with Crippen LogP contribution in [0.2, 0.25) is 0 Å². The van der Waals surface area contributed by atoms with Crippen molar-refractivity contribution in [3.63, 3.8) is 0 Å². The van der Waals surface area contributed by atoms with Crippen LogP contribution in [0.15, 0.2) is 30.5 Å². The third-order valence-corrected chi connectivity index (χ3v) is 4.46. The second kappa shape index (κ2) is 7.62. The van der Waals surface area contributed by atoms with E-state index in [0.717, 1.165) is 12.3 Å². The highest BCUT2D eigenvalue weighted by Gasteiger charge is 2.47. The van der Waals surface area contributed by atoms with E-state index in [1.807, 2.05) is 0 Å². The van der Waals surface area contributed by atoms with Crippen LogP contribution in [0.3, 0.4) is 0 Å². The molecule has 2 aromatic heterocycles. The van der Waals surface area contributed by atoms with E-state index in [9.17, 15) is 22.0 Å². The Hall–Kier alpha value is -2.29. The predicted molar refractivity (Wildman–Crippen MR) is 93.2 cm³/mol. The van der Waals surface area contributed by atoms with E-state index in [1.165, 1.54) is 18.2 Å². The van der Waals surface area contributed by atoms with E-state index in [4.69, 9.17) is 10.5 Å². The summed E-state index contributed by atoms with van der Waals surface area (Å²) in [6.45, 7) is 1.43. The Balaban J connectivity index is 1.80. The van der Waals surface area contributed by atoms with E-state index >= 15 is 0 Å². The smallest absolute Gasteiger partial charge is 0.284 e. The molecule has 0 amide bonds. The second-order valence-electron chi connectivity index (χ2n) is 7.42. The standard InChI is InChI=1S/C19H20F5N3O/c1-18(25,9-19(24)5-6-19)10-28-14-3-2-12(27-15(14)17(22)23)11-4-7-26-13(8-11)16(20)21/h2-4,7-8,16-17H,5-6,9-10,25H2,1H3. The zero-order valence-electron chi connectivity index (χ0n) is 15.1. The highest BCUT2D eigenvalue weighted by Crippen LogP contribution is 2.45. The molecule has 4 nitrogen and oxygen atoms in total. The normalized spacial score (nSPS) is 17.6. The van der Waals surface area contributed by atoms with Crippen LogP contribution in [0.1, 0.15) is 50.4 Å². The minimum atomic E-state index is -2.95. The number of pyridine rings is 2. The topological polar surface area (TPSA) is 61.0 Å². The van der Waals surface area contributed by atoms with Crippen LogP contribution in [-0.4, -0.2) is 27.8 Å². The molecule has 1 saturated carbocycles. The largest absolute Gasteiger partial charge is 0.490 e. The van der Waals surface area contributed by atoms with Crippen molar-refractivity contribution in [1.82, 2.24) is 9.97 Å². The van der Waals surface area contributed by atoms with Crippen molar-refractivity contribution in [3.05, 3.63) is 41.9 Å². The van der Waals surface area contributed by atoms with E-state index in [1.54, 1.807) is 6.92 Å². The van der Waals surface area contributed by atoms with E-state index in [0.29, 0.717) is 12.8 Å². The Morgan fingerprint density at radius 1 is 1.18 bits per heavy atom. The van der Waals surface area contributed by atoms with Gasteiger partial charge >= 0.3 is 0 Å². The van der Waals surface area contributed by atoms with Gasteiger partial charge in [-0.3, -0.25) is 4.98 Å². The van der Waals surface area contributed by atoms with Gasteiger partial charge in [0.25, 0.3) is 12.9 Å². The van der Waals surface area contributed by atoms with Crippen molar-refractivity contribution < 1.29 is 26.7 Å². The van der Waals surface area contributed by atoms with Gasteiger partial charge in [-0.15, -0.1) is 0 Å². The van der Waals surface area contributed by atoms with Gasteiger partial charge in [-0.2, -0.15) is 0 Å². The summed E-state index contributed by atoms with van der Waals surface area (Å²) in [6, 6.07) is 5.16. The Morgan fingerprint density at radius 2 is 1.89 bits per heavy atom. The molecule has 0 saturated heterocycles. The van der Waals surface area contributed by atoms with Gasteiger partial charge in [-0.1, -0.05) is 0 Å². The molecule has 28 heavy (non-hydrogen) atoms. The summed E-state index contributed by atoms with van der Waals surface area (Å²) >= 11 is 0. The van der Waals surface area contributed by atoms with Crippen molar-refractivity contribution in [2.24, 2.45) is 5.73 Å². The summed E-state index contributed by atoms with van der Waals surface area (Å²) in [4.78, 5) is 7.40. The molecule has 1 atom stereocenters. The fraction of sp³-hybridized carbons (Fsp3) is 0.474. The number of ether oxygens (including phenoxy) is 1. The Bertz CT molecular complexity index is 840. The lowest BCUT2D eigenvalue weighted by atomic mass is 9.96. The van der Waals surface area contributed by atoms with Crippen molar-refractivity contribution >= 4 is 0 Å². The van der Waals surface area contributed by atoms with Crippen LogP contribution in [0, 0.1) is 0 Å². The van der Waals surface area contributed by atoms with Gasteiger partial charge in [0, 0.05) is 18.2 Å². The number of aromatic nitrogens is 2. The number of rotatable bonds is 8. The van der Waals surface area contributed by atoms with Crippen molar-refractivity contribution in [3.8, 4) is 17.0 Å². The number of hydrogen-bond donors (Lipinski definition) is 1. The molecule has 2 heterocycles. The van der Waals surface area contributed by atoms with Crippen LogP contribution in [-0.2, 0) is 0 Å². The van der Waals surface area contributed by atoms with Crippen molar-refractivity contribution in [2.75, 3.05) is 6.61 Å². The first-order valence-corrected chi connectivity index (χ1v) is 8.73. The van der Waals surface area contributed by atoms with Gasteiger partial charge in [0.2, 0.25) is 0 Å². The summed E-state index contributed by atoms with van der Waals surface area (Å²) in [5, 5.41) is 0. The van der Waals surface area contributed by atoms with Gasteiger partial charge in [0.1, 0.15) is 29.4 Å². The van der Waals surface area contributed by atoms with Gasteiger partial charge in [-0.25, -0.2) is 26.9 Å². The molecule has 1 fully saturated rings. The highest BCUT2D eigenvalue weighted by molar-refractivity contribution is 5.60. The molecule has 0 spiro atoms. The maximum absolute atomic E-state index is 13.9. The Morgan fingerprint density at radius 3 is 2.50 bits per heavy atom. The van der Waals surface area contributed by atoms with Crippen LogP contribution < -0.4 is 10.5 Å². The minimum Gasteiger partial charge on any atom is -0.490 e. The first-order chi connectivity index (χ1) is 13.1. The Kier molecular flexibility index (Phi) is 5.56. The second-order valence-corrected chi connectivity index (χ2v) is 7.42. The molecule has 0 aliphatic heterocycles. The maximum Gasteiger partial charge on any atom is 0.284 e. The summed E-state index contributed by atoms with van der Waals surface area (Å²) < 4.78 is 71.9.